The number of ether oxygens (including phenoxy) is 2. The quantitative estimate of drug-likeness (QED) is 0.326. The fourth-order valence-electron chi connectivity index (χ4n) is 3.68. The van der Waals surface area contributed by atoms with Gasteiger partial charge in [-0.05, 0) is 54.5 Å². The molecule has 7 heteroatoms. The van der Waals surface area contributed by atoms with E-state index in [-0.39, 0.29) is 16.2 Å². The van der Waals surface area contributed by atoms with Crippen LogP contribution in [0.15, 0.2) is 89.6 Å². The summed E-state index contributed by atoms with van der Waals surface area (Å²) in [6.45, 7) is 2.06. The van der Waals surface area contributed by atoms with Crippen LogP contribution in [-0.4, -0.2) is 19.0 Å². The molecule has 0 radical (unpaired) electrons. The number of carbonyl (C=O) groups excluding carboxylic acids is 2. The first-order chi connectivity index (χ1) is 16.4. The predicted molar refractivity (Wildman–Crippen MR) is 129 cm³/mol. The lowest BCUT2D eigenvalue weighted by atomic mass is 10.0. The zero-order valence-electron chi connectivity index (χ0n) is 18.5. The normalized spacial score (nSPS) is 14.6. The molecular weight excluding hydrogens is 457 g/mol. The van der Waals surface area contributed by atoms with Crippen molar-refractivity contribution in [2.45, 2.75) is 13.5 Å². The van der Waals surface area contributed by atoms with Crippen LogP contribution in [0.3, 0.4) is 0 Å². The molecule has 3 aromatic rings. The number of halogens is 2. The Balaban J connectivity index is 1.62. The maximum absolute atomic E-state index is 13.6. The number of carbonyl (C=O) groups is 2. The van der Waals surface area contributed by atoms with E-state index in [2.05, 4.69) is 0 Å². The summed E-state index contributed by atoms with van der Waals surface area (Å²) in [5.74, 6) is -1.01. The number of rotatable bonds is 6. The average Bonchev–Trinajstić information content (AvgIpc) is 3.09. The summed E-state index contributed by atoms with van der Waals surface area (Å²) in [6.07, 6.45) is 1.62. The summed E-state index contributed by atoms with van der Waals surface area (Å²) < 4.78 is 24.4. The largest absolute Gasteiger partial charge is 0.489 e. The standard InChI is InChI=1S/C27H21ClFNO4/c1-17-25(27(32)33-2)22(26(31)30(17)20-10-13-24(29)23(28)15-20)14-18-8-11-21(12-9-18)34-16-19-6-4-3-5-7-19/h3-15H,16H2,1-2H3/b22-14-. The molecule has 1 amide bonds. The van der Waals surface area contributed by atoms with E-state index >= 15 is 0 Å². The number of hydrogen-bond donors (Lipinski definition) is 0. The lowest BCUT2D eigenvalue weighted by molar-refractivity contribution is -0.136. The van der Waals surface area contributed by atoms with Gasteiger partial charge in [-0.2, -0.15) is 0 Å². The van der Waals surface area contributed by atoms with E-state index in [1.165, 1.54) is 30.2 Å². The monoisotopic (exact) mass is 477 g/mol. The molecule has 4 rings (SSSR count). The second-order valence-corrected chi connectivity index (χ2v) is 8.00. The van der Waals surface area contributed by atoms with Crippen molar-refractivity contribution < 1.29 is 23.5 Å². The SMILES string of the molecule is COC(=O)C1=C(C)N(c2ccc(F)c(Cl)c2)C(=O)/C1=C\c1ccc(OCc2ccccc2)cc1. The van der Waals surface area contributed by atoms with E-state index in [4.69, 9.17) is 21.1 Å². The molecule has 0 N–H and O–H groups in total. The van der Waals surface area contributed by atoms with Crippen molar-refractivity contribution in [3.63, 3.8) is 0 Å². The summed E-state index contributed by atoms with van der Waals surface area (Å²) >= 11 is 5.91. The number of amides is 1. The number of allylic oxidation sites excluding steroid dienone is 1. The van der Waals surface area contributed by atoms with Gasteiger partial charge in [-0.3, -0.25) is 9.69 Å². The van der Waals surface area contributed by atoms with Crippen molar-refractivity contribution in [2.75, 3.05) is 12.0 Å². The van der Waals surface area contributed by atoms with Gasteiger partial charge in [0.2, 0.25) is 0 Å². The molecule has 0 bridgehead atoms. The number of nitrogens with zero attached hydrogens (tertiary/aromatic N) is 1. The molecule has 1 heterocycles. The molecule has 0 aromatic heterocycles. The summed E-state index contributed by atoms with van der Waals surface area (Å²) in [5.41, 5.74) is 2.77. The van der Waals surface area contributed by atoms with Crippen LogP contribution < -0.4 is 9.64 Å². The maximum Gasteiger partial charge on any atom is 0.340 e. The molecule has 34 heavy (non-hydrogen) atoms. The van der Waals surface area contributed by atoms with E-state index in [0.29, 0.717) is 29.3 Å². The van der Waals surface area contributed by atoms with Gasteiger partial charge in [0.25, 0.3) is 5.91 Å². The van der Waals surface area contributed by atoms with E-state index in [9.17, 15) is 14.0 Å². The topological polar surface area (TPSA) is 55.8 Å². The van der Waals surface area contributed by atoms with Gasteiger partial charge in [0.1, 0.15) is 18.2 Å². The number of hydrogen-bond acceptors (Lipinski definition) is 4. The van der Waals surface area contributed by atoms with Gasteiger partial charge >= 0.3 is 5.97 Å². The van der Waals surface area contributed by atoms with Gasteiger partial charge in [0.05, 0.1) is 29.0 Å². The van der Waals surface area contributed by atoms with Gasteiger partial charge in [-0.15, -0.1) is 0 Å². The Hall–Kier alpha value is -3.90. The molecule has 0 unspecified atom stereocenters. The fourth-order valence-corrected chi connectivity index (χ4v) is 3.86. The van der Waals surface area contributed by atoms with Crippen molar-refractivity contribution in [1.29, 1.82) is 0 Å². The van der Waals surface area contributed by atoms with E-state index in [1.54, 1.807) is 37.3 Å². The van der Waals surface area contributed by atoms with Crippen molar-refractivity contribution in [2.24, 2.45) is 0 Å². The zero-order valence-corrected chi connectivity index (χ0v) is 19.3. The lowest BCUT2D eigenvalue weighted by Gasteiger charge is -2.18. The molecule has 0 fully saturated rings. The second-order valence-electron chi connectivity index (χ2n) is 7.59. The number of benzene rings is 3. The van der Waals surface area contributed by atoms with Crippen molar-refractivity contribution in [1.82, 2.24) is 0 Å². The van der Waals surface area contributed by atoms with E-state index in [0.717, 1.165) is 5.56 Å². The number of methoxy groups -OCH3 is 1. The molecule has 1 aliphatic rings. The average molecular weight is 478 g/mol. The highest BCUT2D eigenvalue weighted by Crippen LogP contribution is 2.36. The molecule has 1 aliphatic heterocycles. The third kappa shape index (κ3) is 4.72. The van der Waals surface area contributed by atoms with Crippen molar-refractivity contribution >= 4 is 35.2 Å². The van der Waals surface area contributed by atoms with Crippen LogP contribution in [0.2, 0.25) is 5.02 Å². The van der Waals surface area contributed by atoms with Crippen LogP contribution in [0.25, 0.3) is 6.08 Å². The number of anilines is 1. The van der Waals surface area contributed by atoms with Crippen LogP contribution in [-0.2, 0) is 20.9 Å². The smallest absolute Gasteiger partial charge is 0.340 e. The van der Waals surface area contributed by atoms with E-state index < -0.39 is 17.7 Å². The third-order valence-corrected chi connectivity index (χ3v) is 5.68. The van der Waals surface area contributed by atoms with Gasteiger partial charge in [0.15, 0.2) is 0 Å². The van der Waals surface area contributed by atoms with Crippen molar-refractivity contribution in [3.8, 4) is 5.75 Å². The Morgan fingerprint density at radius 1 is 1.06 bits per heavy atom. The Kier molecular flexibility index (Phi) is 6.80. The molecule has 0 saturated carbocycles. The Labute approximate surface area is 201 Å². The predicted octanol–water partition coefficient (Wildman–Crippen LogP) is 5.94. The minimum atomic E-state index is -0.643. The highest BCUT2D eigenvalue weighted by molar-refractivity contribution is 6.31. The molecule has 5 nitrogen and oxygen atoms in total. The molecule has 0 spiro atoms. The maximum atomic E-state index is 13.6. The van der Waals surface area contributed by atoms with Crippen LogP contribution in [0.5, 0.6) is 5.75 Å². The van der Waals surface area contributed by atoms with Gasteiger partial charge in [-0.1, -0.05) is 54.1 Å². The first-order valence-corrected chi connectivity index (χ1v) is 10.8. The van der Waals surface area contributed by atoms with Crippen LogP contribution in [0.1, 0.15) is 18.1 Å². The summed E-state index contributed by atoms with van der Waals surface area (Å²) in [4.78, 5) is 27.2. The van der Waals surface area contributed by atoms with Gasteiger partial charge in [0, 0.05) is 5.70 Å². The van der Waals surface area contributed by atoms with Crippen LogP contribution in [0, 0.1) is 5.82 Å². The molecule has 3 aromatic carbocycles. The Morgan fingerprint density at radius 3 is 2.41 bits per heavy atom. The minimum Gasteiger partial charge on any atom is -0.489 e. The van der Waals surface area contributed by atoms with Gasteiger partial charge in [-0.25, -0.2) is 9.18 Å². The number of esters is 1. The molecule has 172 valence electrons. The van der Waals surface area contributed by atoms with Crippen LogP contribution >= 0.6 is 11.6 Å². The Morgan fingerprint density at radius 2 is 1.76 bits per heavy atom. The first-order valence-electron chi connectivity index (χ1n) is 10.5. The third-order valence-electron chi connectivity index (χ3n) is 5.39. The Bertz CT molecular complexity index is 1300. The van der Waals surface area contributed by atoms with E-state index in [1.807, 2.05) is 30.3 Å². The van der Waals surface area contributed by atoms with Gasteiger partial charge < -0.3 is 9.47 Å². The molecule has 0 atom stereocenters. The first kappa shape index (κ1) is 23.3. The second kappa shape index (κ2) is 9.93. The minimum absolute atomic E-state index is 0.124. The summed E-state index contributed by atoms with van der Waals surface area (Å²) in [7, 11) is 1.25. The molecule has 0 saturated heterocycles. The van der Waals surface area contributed by atoms with Crippen LogP contribution in [0.4, 0.5) is 10.1 Å². The molecule has 0 aliphatic carbocycles. The zero-order chi connectivity index (χ0) is 24.2. The summed E-state index contributed by atoms with van der Waals surface area (Å²) in [6, 6.07) is 20.9. The highest BCUT2D eigenvalue weighted by atomic mass is 35.5. The fraction of sp³-hybridized carbons (Fsp3) is 0.111. The molecular formula is C27H21ClFNO4. The highest BCUT2D eigenvalue weighted by Gasteiger charge is 2.38. The van der Waals surface area contributed by atoms with Crippen molar-refractivity contribution in [3.05, 3.63) is 112 Å². The summed E-state index contributed by atoms with van der Waals surface area (Å²) in [5, 5.41) is -0.124. The lowest BCUT2D eigenvalue weighted by Crippen LogP contribution is -2.24.